The molecule has 0 saturated heterocycles. The van der Waals surface area contributed by atoms with E-state index < -0.39 is 0 Å². The number of benzene rings is 1. The van der Waals surface area contributed by atoms with Crippen LogP contribution in [0.1, 0.15) is 18.9 Å². The topological polar surface area (TPSA) is 48.9 Å². The molecular weight excluding hydrogens is 375 g/mol. The van der Waals surface area contributed by atoms with E-state index in [2.05, 4.69) is 43.5 Å². The van der Waals surface area contributed by atoms with Crippen LogP contribution >= 0.6 is 15.9 Å². The first-order valence-corrected chi connectivity index (χ1v) is 8.99. The van der Waals surface area contributed by atoms with Gasteiger partial charge in [0.25, 0.3) is 0 Å². The van der Waals surface area contributed by atoms with Gasteiger partial charge in [-0.05, 0) is 38.6 Å². The fourth-order valence-corrected chi connectivity index (χ4v) is 2.53. The molecule has 0 unspecified atom stereocenters. The minimum atomic E-state index is -0.240. The van der Waals surface area contributed by atoms with Crippen LogP contribution in [0.2, 0.25) is 0 Å². The highest BCUT2D eigenvalue weighted by molar-refractivity contribution is 9.10. The number of ether oxygens (including phenoxy) is 1. The van der Waals surface area contributed by atoms with E-state index in [9.17, 15) is 4.39 Å². The van der Waals surface area contributed by atoms with Crippen LogP contribution in [-0.4, -0.2) is 57.8 Å². The van der Waals surface area contributed by atoms with E-state index in [1.54, 1.807) is 19.2 Å². The lowest BCUT2D eigenvalue weighted by molar-refractivity contribution is 0.180. The largest absolute Gasteiger partial charge is 0.385 e. The van der Waals surface area contributed by atoms with Crippen LogP contribution < -0.4 is 10.6 Å². The van der Waals surface area contributed by atoms with Crippen molar-refractivity contribution in [2.45, 2.75) is 19.9 Å². The highest BCUT2D eigenvalue weighted by atomic mass is 79.9. The van der Waals surface area contributed by atoms with Crippen molar-refractivity contribution in [3.63, 3.8) is 0 Å². The molecule has 0 amide bonds. The van der Waals surface area contributed by atoms with Crippen molar-refractivity contribution in [3.8, 4) is 0 Å². The Hall–Kier alpha value is -1.18. The summed E-state index contributed by atoms with van der Waals surface area (Å²) in [6.07, 6.45) is 1.02. The Morgan fingerprint density at radius 1 is 1.33 bits per heavy atom. The fraction of sp³-hybridized carbons (Fsp3) is 0.588. The minimum Gasteiger partial charge on any atom is -0.385 e. The molecule has 0 aliphatic rings. The zero-order valence-corrected chi connectivity index (χ0v) is 16.3. The molecule has 0 fully saturated rings. The van der Waals surface area contributed by atoms with Crippen molar-refractivity contribution < 1.29 is 9.13 Å². The highest BCUT2D eigenvalue weighted by Gasteiger charge is 2.04. The maximum atomic E-state index is 13.8. The molecule has 0 aliphatic carbocycles. The Balaban J connectivity index is 2.46. The van der Waals surface area contributed by atoms with E-state index in [4.69, 9.17) is 4.74 Å². The summed E-state index contributed by atoms with van der Waals surface area (Å²) in [6, 6.07) is 4.89. The fourth-order valence-electron chi connectivity index (χ4n) is 2.13. The monoisotopic (exact) mass is 402 g/mol. The molecule has 0 heterocycles. The normalized spacial score (nSPS) is 11.8. The van der Waals surface area contributed by atoms with Gasteiger partial charge in [0, 0.05) is 49.9 Å². The lowest BCUT2D eigenvalue weighted by Crippen LogP contribution is -2.41. The van der Waals surface area contributed by atoms with Crippen molar-refractivity contribution in [1.29, 1.82) is 0 Å². The zero-order valence-electron chi connectivity index (χ0n) is 14.7. The summed E-state index contributed by atoms with van der Waals surface area (Å²) in [5, 5.41) is 6.46. The summed E-state index contributed by atoms with van der Waals surface area (Å²) >= 11 is 3.36. The average Bonchev–Trinajstić information content (AvgIpc) is 2.55. The summed E-state index contributed by atoms with van der Waals surface area (Å²) in [7, 11) is 3.80. The lowest BCUT2D eigenvalue weighted by atomic mass is 10.2. The van der Waals surface area contributed by atoms with Crippen LogP contribution in [-0.2, 0) is 11.3 Å². The number of aliphatic imine (C=N–C) groups is 1. The molecule has 2 N–H and O–H groups in total. The number of nitrogens with zero attached hydrogens (tertiary/aromatic N) is 2. The molecule has 1 aromatic rings. The van der Waals surface area contributed by atoms with Gasteiger partial charge in [0.05, 0.1) is 6.54 Å². The smallest absolute Gasteiger partial charge is 0.191 e. The Morgan fingerprint density at radius 2 is 2.12 bits per heavy atom. The number of halogens is 2. The Kier molecular flexibility index (Phi) is 10.6. The molecule has 0 saturated carbocycles. The molecule has 0 atom stereocenters. The van der Waals surface area contributed by atoms with Crippen molar-refractivity contribution in [2.75, 3.05) is 46.9 Å². The maximum Gasteiger partial charge on any atom is 0.191 e. The zero-order chi connectivity index (χ0) is 17.8. The predicted molar refractivity (Wildman–Crippen MR) is 101 cm³/mol. The van der Waals surface area contributed by atoms with E-state index in [1.165, 1.54) is 6.07 Å². The van der Waals surface area contributed by atoms with Crippen LogP contribution in [0.15, 0.2) is 27.7 Å². The second-order valence-corrected chi connectivity index (χ2v) is 6.42. The van der Waals surface area contributed by atoms with Gasteiger partial charge in [0.2, 0.25) is 0 Å². The molecule has 0 radical (unpaired) electrons. The molecule has 7 heteroatoms. The molecule has 24 heavy (non-hydrogen) atoms. The van der Waals surface area contributed by atoms with E-state index in [0.29, 0.717) is 18.1 Å². The third kappa shape index (κ3) is 8.61. The SMILES string of the molecule is CCNC(=NCc1cc(Br)ccc1F)NCCN(C)CCCOC. The molecule has 136 valence electrons. The van der Waals surface area contributed by atoms with Crippen LogP contribution in [0.3, 0.4) is 0 Å². The molecular formula is C17H28BrFN4O. The summed E-state index contributed by atoms with van der Waals surface area (Å²) in [4.78, 5) is 6.69. The predicted octanol–water partition coefficient (Wildman–Crippen LogP) is 2.61. The number of guanidine groups is 1. The Morgan fingerprint density at radius 3 is 2.83 bits per heavy atom. The first kappa shape index (κ1) is 20.9. The molecule has 1 aromatic carbocycles. The van der Waals surface area contributed by atoms with Gasteiger partial charge in [-0.2, -0.15) is 0 Å². The van der Waals surface area contributed by atoms with Crippen molar-refractivity contribution in [1.82, 2.24) is 15.5 Å². The van der Waals surface area contributed by atoms with Gasteiger partial charge >= 0.3 is 0 Å². The molecule has 0 bridgehead atoms. The molecule has 0 aromatic heterocycles. The molecule has 1 rings (SSSR count). The Labute approximate surface area is 152 Å². The summed E-state index contributed by atoms with van der Waals surface area (Å²) in [6.45, 7) is 6.51. The van der Waals surface area contributed by atoms with Gasteiger partial charge in [-0.25, -0.2) is 9.38 Å². The van der Waals surface area contributed by atoms with Gasteiger partial charge in [0.1, 0.15) is 5.82 Å². The summed E-state index contributed by atoms with van der Waals surface area (Å²) < 4.78 is 19.7. The number of hydrogen-bond donors (Lipinski definition) is 2. The summed E-state index contributed by atoms with van der Waals surface area (Å²) in [5.74, 6) is 0.456. The van der Waals surface area contributed by atoms with E-state index in [0.717, 1.165) is 43.7 Å². The van der Waals surface area contributed by atoms with Crippen LogP contribution in [0.25, 0.3) is 0 Å². The number of methoxy groups -OCH3 is 1. The second-order valence-electron chi connectivity index (χ2n) is 5.51. The highest BCUT2D eigenvalue weighted by Crippen LogP contribution is 2.16. The van der Waals surface area contributed by atoms with Crippen molar-refractivity contribution in [2.24, 2.45) is 4.99 Å². The van der Waals surface area contributed by atoms with Crippen LogP contribution in [0.5, 0.6) is 0 Å². The maximum absolute atomic E-state index is 13.8. The quantitative estimate of drug-likeness (QED) is 0.358. The Bertz CT molecular complexity index is 513. The van der Waals surface area contributed by atoms with E-state index >= 15 is 0 Å². The third-order valence-electron chi connectivity index (χ3n) is 3.43. The van der Waals surface area contributed by atoms with E-state index in [-0.39, 0.29) is 5.82 Å². The first-order chi connectivity index (χ1) is 11.6. The first-order valence-electron chi connectivity index (χ1n) is 8.20. The minimum absolute atomic E-state index is 0.240. The van der Waals surface area contributed by atoms with Crippen molar-refractivity contribution in [3.05, 3.63) is 34.1 Å². The molecule has 5 nitrogen and oxygen atoms in total. The number of likely N-dealkylation sites (N-methyl/N-ethyl adjacent to an activating group) is 1. The van der Waals surface area contributed by atoms with E-state index in [1.807, 2.05) is 6.92 Å². The van der Waals surface area contributed by atoms with Crippen LogP contribution in [0, 0.1) is 5.82 Å². The standard InChI is InChI=1S/C17H28BrFN4O/c1-4-20-17(21-8-10-23(2)9-5-11-24-3)22-13-14-12-15(18)6-7-16(14)19/h6-7,12H,4-5,8-11,13H2,1-3H3,(H2,20,21,22). The number of rotatable bonds is 10. The number of nitrogens with one attached hydrogen (secondary N) is 2. The van der Waals surface area contributed by atoms with Gasteiger partial charge < -0.3 is 20.3 Å². The molecule has 0 aliphatic heterocycles. The number of hydrogen-bond acceptors (Lipinski definition) is 3. The summed E-state index contributed by atoms with van der Waals surface area (Å²) in [5.41, 5.74) is 0.568. The van der Waals surface area contributed by atoms with Gasteiger partial charge in [-0.15, -0.1) is 0 Å². The van der Waals surface area contributed by atoms with Crippen LogP contribution in [0.4, 0.5) is 4.39 Å². The third-order valence-corrected chi connectivity index (χ3v) is 3.93. The second kappa shape index (κ2) is 12.2. The van der Waals surface area contributed by atoms with Gasteiger partial charge in [-0.1, -0.05) is 15.9 Å². The van der Waals surface area contributed by atoms with Gasteiger partial charge in [-0.3, -0.25) is 0 Å². The van der Waals surface area contributed by atoms with Gasteiger partial charge in [0.15, 0.2) is 5.96 Å². The van der Waals surface area contributed by atoms with Crippen molar-refractivity contribution >= 4 is 21.9 Å². The lowest BCUT2D eigenvalue weighted by Gasteiger charge is -2.18. The average molecular weight is 403 g/mol. The molecule has 0 spiro atoms.